The first kappa shape index (κ1) is 13.9. The van der Waals surface area contributed by atoms with Crippen LogP contribution in [0, 0.1) is 17.6 Å². The number of hydrogen-bond acceptors (Lipinski definition) is 2. The van der Waals surface area contributed by atoms with Gasteiger partial charge >= 0.3 is 0 Å². The lowest BCUT2D eigenvalue weighted by atomic mass is 10.1. The van der Waals surface area contributed by atoms with E-state index in [1.54, 1.807) is 0 Å². The molecule has 17 heavy (non-hydrogen) atoms. The maximum absolute atomic E-state index is 13.5. The molecule has 2 nitrogen and oxygen atoms in total. The minimum atomic E-state index is -0.684. The third kappa shape index (κ3) is 3.66. The van der Waals surface area contributed by atoms with E-state index in [1.807, 2.05) is 13.8 Å². The molecule has 0 unspecified atom stereocenters. The van der Waals surface area contributed by atoms with Crippen LogP contribution in [0.3, 0.4) is 0 Å². The average molecular weight is 243 g/mol. The summed E-state index contributed by atoms with van der Waals surface area (Å²) in [4.78, 5) is 0. The number of halogens is 2. The standard InChI is InChI=1S/C13H19F2NO/c1-3-9(4-2)8-17-13-11(14)5-10(7-16)6-12(13)15/h5-6,9H,3-4,7-8,16H2,1-2H3. The normalized spacial score (nSPS) is 10.9. The van der Waals surface area contributed by atoms with Crippen LogP contribution in [0.4, 0.5) is 8.78 Å². The molecule has 0 radical (unpaired) electrons. The second-order valence-corrected chi connectivity index (χ2v) is 4.09. The van der Waals surface area contributed by atoms with Crippen molar-refractivity contribution in [2.75, 3.05) is 6.61 Å². The SMILES string of the molecule is CCC(CC)COc1c(F)cc(CN)cc1F. The summed E-state index contributed by atoms with van der Waals surface area (Å²) in [6.07, 6.45) is 1.86. The Morgan fingerprint density at radius 1 is 1.18 bits per heavy atom. The number of ether oxygens (including phenoxy) is 1. The Kier molecular flexibility index (Phi) is 5.35. The van der Waals surface area contributed by atoms with Gasteiger partial charge in [-0.25, -0.2) is 8.78 Å². The Morgan fingerprint density at radius 2 is 1.71 bits per heavy atom. The Bertz CT molecular complexity index is 341. The lowest BCUT2D eigenvalue weighted by molar-refractivity contribution is 0.221. The molecule has 1 aromatic carbocycles. The third-order valence-electron chi connectivity index (χ3n) is 2.91. The van der Waals surface area contributed by atoms with Crippen molar-refractivity contribution in [3.8, 4) is 5.75 Å². The molecule has 0 bridgehead atoms. The molecule has 0 saturated carbocycles. The molecule has 0 amide bonds. The van der Waals surface area contributed by atoms with Crippen molar-refractivity contribution in [3.05, 3.63) is 29.3 Å². The summed E-state index contributed by atoms with van der Waals surface area (Å²) in [5, 5.41) is 0. The van der Waals surface area contributed by atoms with Crippen LogP contribution >= 0.6 is 0 Å². The third-order valence-corrected chi connectivity index (χ3v) is 2.91. The van der Waals surface area contributed by atoms with E-state index < -0.39 is 11.6 Å². The van der Waals surface area contributed by atoms with Crippen molar-refractivity contribution in [1.82, 2.24) is 0 Å². The highest BCUT2D eigenvalue weighted by molar-refractivity contribution is 5.31. The first-order chi connectivity index (χ1) is 8.12. The first-order valence-electron chi connectivity index (χ1n) is 5.93. The Labute approximate surface area is 101 Å². The van der Waals surface area contributed by atoms with Gasteiger partial charge in [0.25, 0.3) is 0 Å². The predicted molar refractivity (Wildman–Crippen MR) is 63.8 cm³/mol. The maximum atomic E-state index is 13.5. The van der Waals surface area contributed by atoms with Gasteiger partial charge < -0.3 is 10.5 Å². The summed E-state index contributed by atoms with van der Waals surface area (Å²) in [7, 11) is 0. The van der Waals surface area contributed by atoms with Crippen LogP contribution < -0.4 is 10.5 Å². The fourth-order valence-corrected chi connectivity index (χ4v) is 1.59. The fourth-order valence-electron chi connectivity index (χ4n) is 1.59. The van der Waals surface area contributed by atoms with Crippen LogP contribution in [0.5, 0.6) is 5.75 Å². The van der Waals surface area contributed by atoms with E-state index >= 15 is 0 Å². The van der Waals surface area contributed by atoms with E-state index in [2.05, 4.69) is 0 Å². The van der Waals surface area contributed by atoms with E-state index in [9.17, 15) is 8.78 Å². The molecular formula is C13H19F2NO. The molecule has 0 aliphatic rings. The topological polar surface area (TPSA) is 35.2 Å². The molecule has 0 saturated heterocycles. The molecule has 0 fully saturated rings. The van der Waals surface area contributed by atoms with Crippen LogP contribution in [-0.4, -0.2) is 6.61 Å². The van der Waals surface area contributed by atoms with Crippen LogP contribution in [0.15, 0.2) is 12.1 Å². The minimum Gasteiger partial charge on any atom is -0.487 e. The highest BCUT2D eigenvalue weighted by atomic mass is 19.1. The van der Waals surface area contributed by atoms with Crippen molar-refractivity contribution in [2.24, 2.45) is 11.7 Å². The molecule has 4 heteroatoms. The van der Waals surface area contributed by atoms with E-state index in [1.165, 1.54) is 12.1 Å². The van der Waals surface area contributed by atoms with Crippen molar-refractivity contribution in [1.29, 1.82) is 0 Å². The van der Waals surface area contributed by atoms with E-state index in [0.717, 1.165) is 12.8 Å². The average Bonchev–Trinajstić information content (AvgIpc) is 2.32. The predicted octanol–water partition coefficient (Wildman–Crippen LogP) is 3.24. The molecule has 0 heterocycles. The molecular weight excluding hydrogens is 224 g/mol. The highest BCUT2D eigenvalue weighted by Crippen LogP contribution is 2.24. The molecule has 0 aliphatic heterocycles. The largest absolute Gasteiger partial charge is 0.487 e. The van der Waals surface area contributed by atoms with Gasteiger partial charge in [-0.1, -0.05) is 26.7 Å². The Morgan fingerprint density at radius 3 is 2.12 bits per heavy atom. The summed E-state index contributed by atoms with van der Waals surface area (Å²) >= 11 is 0. The maximum Gasteiger partial charge on any atom is 0.190 e. The van der Waals surface area contributed by atoms with Gasteiger partial charge in [-0.2, -0.15) is 0 Å². The summed E-state index contributed by atoms with van der Waals surface area (Å²) in [5.41, 5.74) is 5.75. The van der Waals surface area contributed by atoms with Gasteiger partial charge in [0.15, 0.2) is 17.4 Å². The van der Waals surface area contributed by atoms with Crippen LogP contribution in [0.1, 0.15) is 32.3 Å². The van der Waals surface area contributed by atoms with Gasteiger partial charge in [0.05, 0.1) is 6.61 Å². The second kappa shape index (κ2) is 6.55. The zero-order chi connectivity index (χ0) is 12.8. The summed E-state index contributed by atoms with van der Waals surface area (Å²) in [5.74, 6) is -1.34. The zero-order valence-corrected chi connectivity index (χ0v) is 10.3. The van der Waals surface area contributed by atoms with E-state index in [0.29, 0.717) is 18.1 Å². The van der Waals surface area contributed by atoms with Crippen LogP contribution in [-0.2, 0) is 6.54 Å². The van der Waals surface area contributed by atoms with Crippen molar-refractivity contribution in [3.63, 3.8) is 0 Å². The van der Waals surface area contributed by atoms with E-state index in [-0.39, 0.29) is 12.3 Å². The smallest absolute Gasteiger partial charge is 0.190 e. The van der Waals surface area contributed by atoms with Crippen molar-refractivity contribution < 1.29 is 13.5 Å². The van der Waals surface area contributed by atoms with Crippen LogP contribution in [0.25, 0.3) is 0 Å². The Balaban J connectivity index is 2.77. The summed E-state index contributed by atoms with van der Waals surface area (Å²) in [6, 6.07) is 2.43. The number of hydrogen-bond donors (Lipinski definition) is 1. The van der Waals surface area contributed by atoms with Crippen LogP contribution in [0.2, 0.25) is 0 Å². The van der Waals surface area contributed by atoms with Gasteiger partial charge in [-0.15, -0.1) is 0 Å². The number of nitrogens with two attached hydrogens (primary N) is 1. The van der Waals surface area contributed by atoms with Gasteiger partial charge in [0, 0.05) is 6.54 Å². The number of rotatable bonds is 6. The van der Waals surface area contributed by atoms with Crippen molar-refractivity contribution >= 4 is 0 Å². The molecule has 1 rings (SSSR count). The van der Waals surface area contributed by atoms with Gasteiger partial charge in [0.2, 0.25) is 0 Å². The fraction of sp³-hybridized carbons (Fsp3) is 0.538. The van der Waals surface area contributed by atoms with Gasteiger partial charge in [-0.05, 0) is 23.6 Å². The molecule has 0 spiro atoms. The molecule has 1 aromatic rings. The highest BCUT2D eigenvalue weighted by Gasteiger charge is 2.14. The number of benzene rings is 1. The molecule has 0 aromatic heterocycles. The monoisotopic (exact) mass is 243 g/mol. The zero-order valence-electron chi connectivity index (χ0n) is 10.3. The molecule has 0 atom stereocenters. The summed E-state index contributed by atoms with van der Waals surface area (Å²) in [6.45, 7) is 4.51. The molecule has 2 N–H and O–H groups in total. The van der Waals surface area contributed by atoms with Crippen molar-refractivity contribution in [2.45, 2.75) is 33.2 Å². The van der Waals surface area contributed by atoms with Gasteiger partial charge in [-0.3, -0.25) is 0 Å². The quantitative estimate of drug-likeness (QED) is 0.832. The molecule has 96 valence electrons. The first-order valence-corrected chi connectivity index (χ1v) is 5.93. The second-order valence-electron chi connectivity index (χ2n) is 4.09. The molecule has 0 aliphatic carbocycles. The van der Waals surface area contributed by atoms with E-state index in [4.69, 9.17) is 10.5 Å². The lowest BCUT2D eigenvalue weighted by Gasteiger charge is -2.15. The minimum absolute atomic E-state index is 0.112. The Hall–Kier alpha value is -1.16. The van der Waals surface area contributed by atoms with Gasteiger partial charge in [0.1, 0.15) is 0 Å². The lowest BCUT2D eigenvalue weighted by Crippen LogP contribution is -2.12. The summed E-state index contributed by atoms with van der Waals surface area (Å²) < 4.78 is 32.3.